The van der Waals surface area contributed by atoms with E-state index in [-0.39, 0.29) is 5.78 Å². The van der Waals surface area contributed by atoms with Crippen LogP contribution in [0.5, 0.6) is 0 Å². The predicted octanol–water partition coefficient (Wildman–Crippen LogP) is 4.68. The van der Waals surface area contributed by atoms with Crippen LogP contribution in [0.15, 0.2) is 112 Å². The number of carbonyl (C=O) groups excluding carboxylic acids is 1. The minimum atomic E-state index is -1.13. The molecule has 4 aromatic rings. The van der Waals surface area contributed by atoms with Gasteiger partial charge in [-0.3, -0.25) is 9.79 Å². The van der Waals surface area contributed by atoms with Gasteiger partial charge in [0.25, 0.3) is 0 Å². The molecule has 1 saturated heterocycles. The fourth-order valence-corrected chi connectivity index (χ4v) is 7.20. The fourth-order valence-electron chi connectivity index (χ4n) is 6.39. The van der Waals surface area contributed by atoms with E-state index in [1.807, 2.05) is 87.8 Å². The number of rotatable bonds is 2. The maximum absolute atomic E-state index is 14.9. The Morgan fingerprint density at radius 2 is 1.72 bits per heavy atom. The first-order valence-electron chi connectivity index (χ1n) is 14.2. The third kappa shape index (κ3) is 3.97. The normalized spacial score (nSPS) is 25.0. The summed E-state index contributed by atoms with van der Waals surface area (Å²) in [6.45, 7) is 5.84. The van der Waals surface area contributed by atoms with Gasteiger partial charge < -0.3 is 10.3 Å². The Morgan fingerprint density at radius 1 is 0.884 bits per heavy atom. The summed E-state index contributed by atoms with van der Waals surface area (Å²) in [7, 11) is 0. The Bertz CT molecular complexity index is 2170. The van der Waals surface area contributed by atoms with Gasteiger partial charge in [-0.1, -0.05) is 12.1 Å². The summed E-state index contributed by atoms with van der Waals surface area (Å²) in [6.07, 6.45) is 19.8. The number of allylic oxidation sites excluding steroid dienone is 5. The molecule has 3 aromatic heterocycles. The van der Waals surface area contributed by atoms with Crippen LogP contribution in [-0.4, -0.2) is 32.2 Å². The number of aromatic amines is 1. The molecule has 2 atom stereocenters. The second-order valence-electron chi connectivity index (χ2n) is 11.9. The van der Waals surface area contributed by atoms with Gasteiger partial charge in [-0.2, -0.15) is 0 Å². The molecule has 7 heterocycles. The highest BCUT2D eigenvalue weighted by atomic mass is 32.1. The lowest BCUT2D eigenvalue weighted by Gasteiger charge is -2.27. The van der Waals surface area contributed by atoms with Crippen LogP contribution in [0, 0.1) is 12.3 Å². The molecule has 43 heavy (non-hydrogen) atoms. The highest BCUT2D eigenvalue weighted by molar-refractivity contribution is 7.17. The fraction of sp³-hybridized carbons (Fsp3) is 0.171. The van der Waals surface area contributed by atoms with E-state index in [1.165, 1.54) is 0 Å². The minimum absolute atomic E-state index is 0.0596. The van der Waals surface area contributed by atoms with Crippen molar-refractivity contribution in [2.45, 2.75) is 31.8 Å². The molecular formula is C35H28N6OS. The van der Waals surface area contributed by atoms with Gasteiger partial charge in [-0.15, -0.1) is 11.3 Å². The first-order chi connectivity index (χ1) is 20.7. The molecule has 2 unspecified atom stereocenters. The number of aliphatic imine (C=N–C) groups is 2. The van der Waals surface area contributed by atoms with Gasteiger partial charge >= 0.3 is 0 Å². The SMILES string of the molecule is Cc1ncc(C23C=CC(=N2)C=C2C=CC(=N2)C=c2ccc([nH]2)=CC2(c4cccc5sccc45)NC(=C3)C(C)(C)C2=O)cn1. The molecule has 0 aliphatic carbocycles. The minimum Gasteiger partial charge on any atom is -0.369 e. The number of H-pyrrole nitrogens is 1. The number of hydrogen-bond acceptors (Lipinski definition) is 7. The Kier molecular flexibility index (Phi) is 5.40. The van der Waals surface area contributed by atoms with Crippen LogP contribution < -0.4 is 16.0 Å². The van der Waals surface area contributed by atoms with Crippen molar-refractivity contribution in [3.05, 3.63) is 130 Å². The Morgan fingerprint density at radius 3 is 2.58 bits per heavy atom. The zero-order chi connectivity index (χ0) is 29.4. The number of nitrogens with one attached hydrogen (secondary N) is 2. The molecule has 210 valence electrons. The first-order valence-corrected chi connectivity index (χ1v) is 15.1. The van der Waals surface area contributed by atoms with E-state index in [2.05, 4.69) is 56.0 Å². The zero-order valence-corrected chi connectivity index (χ0v) is 24.7. The van der Waals surface area contributed by atoms with E-state index in [0.29, 0.717) is 5.82 Å². The van der Waals surface area contributed by atoms with Gasteiger partial charge in [0.15, 0.2) is 5.78 Å². The smallest absolute Gasteiger partial charge is 0.178 e. The number of ketones is 1. The van der Waals surface area contributed by atoms with Crippen molar-refractivity contribution in [2.75, 3.05) is 0 Å². The molecule has 1 fully saturated rings. The number of carbonyl (C=O) groups is 1. The molecule has 0 saturated carbocycles. The molecule has 8 heteroatoms. The predicted molar refractivity (Wildman–Crippen MR) is 172 cm³/mol. The van der Waals surface area contributed by atoms with Crippen LogP contribution in [0.2, 0.25) is 0 Å². The van der Waals surface area contributed by atoms with Crippen LogP contribution in [0.4, 0.5) is 0 Å². The van der Waals surface area contributed by atoms with Gasteiger partial charge in [0.2, 0.25) is 0 Å². The molecular weight excluding hydrogens is 552 g/mol. The second-order valence-corrected chi connectivity index (χ2v) is 12.8. The standard InChI is InChI=1S/C35H28N6OS/c1-21-36-19-22(20-37-21)34-13-11-26(40-34)16-25-8-7-23(38-25)15-24-9-10-27(39-24)17-35(32(42)33(2,3)31(18-34)41-35)29-5-4-6-30-28(29)12-14-43-30/h4-20,39,41H,1-3H3. The van der Waals surface area contributed by atoms with Gasteiger partial charge in [-0.05, 0) is 110 Å². The molecule has 4 aliphatic rings. The summed E-state index contributed by atoms with van der Waals surface area (Å²) >= 11 is 1.67. The molecule has 0 spiro atoms. The van der Waals surface area contributed by atoms with Crippen LogP contribution in [0.25, 0.3) is 22.2 Å². The first kappa shape index (κ1) is 25.7. The van der Waals surface area contributed by atoms with E-state index >= 15 is 0 Å². The van der Waals surface area contributed by atoms with Crippen LogP contribution in [-0.2, 0) is 15.9 Å². The average Bonchev–Trinajstić information content (AvgIpc) is 3.82. The lowest BCUT2D eigenvalue weighted by molar-refractivity contribution is -0.126. The van der Waals surface area contributed by atoms with Crippen molar-refractivity contribution < 1.29 is 4.79 Å². The van der Waals surface area contributed by atoms with Crippen molar-refractivity contribution in [2.24, 2.45) is 15.4 Å². The zero-order valence-electron chi connectivity index (χ0n) is 23.9. The lowest BCUT2D eigenvalue weighted by atomic mass is 9.75. The van der Waals surface area contributed by atoms with Crippen molar-refractivity contribution >= 4 is 50.8 Å². The summed E-state index contributed by atoms with van der Waals surface area (Å²) in [5.41, 5.74) is 2.05. The highest BCUT2D eigenvalue weighted by Crippen LogP contribution is 2.49. The Hall–Kier alpha value is -4.95. The van der Waals surface area contributed by atoms with Gasteiger partial charge in [0, 0.05) is 39.1 Å². The summed E-state index contributed by atoms with van der Waals surface area (Å²) in [5, 5.41) is 8.65. The molecule has 7 nitrogen and oxygen atoms in total. The number of fused-ring (bicyclic) bond motifs is 7. The Balaban J connectivity index is 1.45. The summed E-state index contributed by atoms with van der Waals surface area (Å²) < 4.78 is 1.13. The van der Waals surface area contributed by atoms with E-state index in [9.17, 15) is 4.79 Å². The number of hydrogen-bond donors (Lipinski definition) is 2. The third-order valence-electron chi connectivity index (χ3n) is 8.67. The maximum Gasteiger partial charge on any atom is 0.178 e. The molecule has 0 radical (unpaired) electrons. The van der Waals surface area contributed by atoms with Crippen molar-refractivity contribution in [3.63, 3.8) is 0 Å². The van der Waals surface area contributed by atoms with Crippen molar-refractivity contribution in [1.82, 2.24) is 20.3 Å². The van der Waals surface area contributed by atoms with E-state index in [0.717, 1.165) is 54.7 Å². The van der Waals surface area contributed by atoms with Gasteiger partial charge in [0.05, 0.1) is 22.5 Å². The monoisotopic (exact) mass is 580 g/mol. The number of benzene rings is 1. The molecule has 4 aliphatic heterocycles. The topological polar surface area (TPSA) is 95.4 Å². The molecule has 8 bridgehead atoms. The van der Waals surface area contributed by atoms with Crippen LogP contribution in [0.3, 0.4) is 0 Å². The van der Waals surface area contributed by atoms with Gasteiger partial charge in [0.1, 0.15) is 16.9 Å². The summed E-state index contributed by atoms with van der Waals surface area (Å²) in [6, 6.07) is 12.3. The van der Waals surface area contributed by atoms with Crippen LogP contribution in [0.1, 0.15) is 30.8 Å². The largest absolute Gasteiger partial charge is 0.369 e. The average molecular weight is 581 g/mol. The molecule has 0 amide bonds. The third-order valence-corrected chi connectivity index (χ3v) is 9.55. The number of nitrogens with zero attached hydrogens (tertiary/aromatic N) is 4. The Labute approximate surface area is 252 Å². The summed E-state index contributed by atoms with van der Waals surface area (Å²) in [5.74, 6) is 0.741. The van der Waals surface area contributed by atoms with Crippen molar-refractivity contribution in [1.29, 1.82) is 0 Å². The lowest BCUT2D eigenvalue weighted by Crippen LogP contribution is -2.43. The van der Waals surface area contributed by atoms with Crippen LogP contribution >= 0.6 is 11.3 Å². The quantitative estimate of drug-likeness (QED) is 0.360. The summed E-state index contributed by atoms with van der Waals surface area (Å²) in [4.78, 5) is 37.4. The highest BCUT2D eigenvalue weighted by Gasteiger charge is 2.56. The van der Waals surface area contributed by atoms with E-state index in [4.69, 9.17) is 9.98 Å². The second kappa shape index (κ2) is 9.02. The molecule has 8 rings (SSSR count). The molecule has 1 aromatic carbocycles. The van der Waals surface area contributed by atoms with Gasteiger partial charge in [-0.25, -0.2) is 15.0 Å². The number of thiophene rings is 1. The van der Waals surface area contributed by atoms with E-state index in [1.54, 1.807) is 11.3 Å². The number of Topliss-reactive ketones (excluding diaryl/α,β-unsaturated/α-hetero) is 1. The molecule has 2 N–H and O–H groups in total. The number of aryl methyl sites for hydroxylation is 1. The number of aromatic nitrogens is 3. The maximum atomic E-state index is 14.9. The van der Waals surface area contributed by atoms with E-state index < -0.39 is 16.5 Å². The van der Waals surface area contributed by atoms with Crippen molar-refractivity contribution in [3.8, 4) is 0 Å².